The SMILES string of the molecule is COc1cc2c(N3CCN(C(=O)c4ccc([N+](=O)[O-])cc4)CC3)ncnc2cc1F. The maximum atomic E-state index is 14.0. The van der Waals surface area contributed by atoms with Crippen LogP contribution >= 0.6 is 0 Å². The van der Waals surface area contributed by atoms with E-state index in [0.717, 1.165) is 0 Å². The van der Waals surface area contributed by atoms with Gasteiger partial charge >= 0.3 is 0 Å². The van der Waals surface area contributed by atoms with Crippen LogP contribution in [0.2, 0.25) is 0 Å². The second kappa shape index (κ2) is 7.90. The maximum absolute atomic E-state index is 14.0. The van der Waals surface area contributed by atoms with E-state index in [1.807, 2.05) is 4.90 Å². The summed E-state index contributed by atoms with van der Waals surface area (Å²) in [5.74, 6) is 0.0975. The number of amides is 1. The van der Waals surface area contributed by atoms with Gasteiger partial charge in [-0.05, 0) is 18.2 Å². The molecule has 0 radical (unpaired) electrons. The molecule has 1 aliphatic rings. The Hall–Kier alpha value is -3.82. The van der Waals surface area contributed by atoms with Gasteiger partial charge in [0.2, 0.25) is 0 Å². The first kappa shape index (κ1) is 19.5. The fourth-order valence-corrected chi connectivity index (χ4v) is 3.48. The van der Waals surface area contributed by atoms with Gasteiger partial charge in [0.25, 0.3) is 11.6 Å². The van der Waals surface area contributed by atoms with Gasteiger partial charge in [-0.15, -0.1) is 0 Å². The zero-order valence-electron chi connectivity index (χ0n) is 16.1. The van der Waals surface area contributed by atoms with Gasteiger partial charge in [-0.3, -0.25) is 14.9 Å². The number of carbonyl (C=O) groups is 1. The topological polar surface area (TPSA) is 102 Å². The van der Waals surface area contributed by atoms with Crippen molar-refractivity contribution in [1.29, 1.82) is 0 Å². The molecule has 0 atom stereocenters. The first-order valence-electron chi connectivity index (χ1n) is 9.25. The van der Waals surface area contributed by atoms with Gasteiger partial charge in [0, 0.05) is 55.3 Å². The third-order valence-electron chi connectivity index (χ3n) is 5.08. The molecule has 0 spiro atoms. The first-order valence-corrected chi connectivity index (χ1v) is 9.25. The van der Waals surface area contributed by atoms with Gasteiger partial charge in [0.15, 0.2) is 11.6 Å². The number of benzene rings is 2. The molecule has 154 valence electrons. The number of carbonyl (C=O) groups excluding carboxylic acids is 1. The van der Waals surface area contributed by atoms with Gasteiger partial charge in [0.05, 0.1) is 17.5 Å². The van der Waals surface area contributed by atoms with E-state index in [2.05, 4.69) is 9.97 Å². The van der Waals surface area contributed by atoms with E-state index in [1.54, 1.807) is 11.0 Å². The number of aromatic nitrogens is 2. The van der Waals surface area contributed by atoms with Crippen molar-refractivity contribution in [3.8, 4) is 5.75 Å². The summed E-state index contributed by atoms with van der Waals surface area (Å²) in [6, 6.07) is 8.46. The molecule has 4 rings (SSSR count). The maximum Gasteiger partial charge on any atom is 0.269 e. The molecular formula is C20H18FN5O4. The highest BCUT2D eigenvalue weighted by Crippen LogP contribution is 2.30. The average Bonchev–Trinajstić information content (AvgIpc) is 2.78. The molecule has 1 aromatic heterocycles. The number of anilines is 1. The standard InChI is InChI=1S/C20H18FN5O4/c1-30-18-10-15-17(11-16(18)21)22-12-23-19(15)24-6-8-25(9-7-24)20(27)13-2-4-14(5-3-13)26(28)29/h2-5,10-12H,6-9H2,1H3. The van der Waals surface area contributed by atoms with Crippen LogP contribution < -0.4 is 9.64 Å². The Morgan fingerprint density at radius 3 is 2.47 bits per heavy atom. The Morgan fingerprint density at radius 2 is 1.83 bits per heavy atom. The highest BCUT2D eigenvalue weighted by atomic mass is 19.1. The summed E-state index contributed by atoms with van der Waals surface area (Å²) in [5, 5.41) is 11.4. The van der Waals surface area contributed by atoms with Crippen LogP contribution in [-0.2, 0) is 0 Å². The van der Waals surface area contributed by atoms with Crippen molar-refractivity contribution in [3.63, 3.8) is 0 Å². The van der Waals surface area contributed by atoms with Crippen LogP contribution in [0.15, 0.2) is 42.7 Å². The third kappa shape index (κ3) is 3.59. The number of ether oxygens (including phenoxy) is 1. The lowest BCUT2D eigenvalue weighted by atomic mass is 10.1. The molecule has 3 aromatic rings. The van der Waals surface area contributed by atoms with E-state index in [4.69, 9.17) is 4.74 Å². The number of hydrogen-bond donors (Lipinski definition) is 0. The van der Waals surface area contributed by atoms with Crippen molar-refractivity contribution >= 4 is 28.3 Å². The summed E-state index contributed by atoms with van der Waals surface area (Å²) < 4.78 is 19.1. The van der Waals surface area contributed by atoms with E-state index in [0.29, 0.717) is 48.5 Å². The van der Waals surface area contributed by atoms with Crippen LogP contribution in [0, 0.1) is 15.9 Å². The average molecular weight is 411 g/mol. The summed E-state index contributed by atoms with van der Waals surface area (Å²) in [5.41, 5.74) is 0.823. The minimum atomic E-state index is -0.500. The summed E-state index contributed by atoms with van der Waals surface area (Å²) in [6.45, 7) is 1.98. The third-order valence-corrected chi connectivity index (χ3v) is 5.08. The number of piperazine rings is 1. The molecule has 2 heterocycles. The number of rotatable bonds is 4. The van der Waals surface area contributed by atoms with Gasteiger partial charge in [-0.2, -0.15) is 0 Å². The molecule has 0 N–H and O–H groups in total. The Kier molecular flexibility index (Phi) is 5.13. The number of nitrogens with zero attached hydrogens (tertiary/aromatic N) is 5. The Morgan fingerprint density at radius 1 is 1.13 bits per heavy atom. The van der Waals surface area contributed by atoms with Crippen molar-refractivity contribution in [1.82, 2.24) is 14.9 Å². The summed E-state index contributed by atoms with van der Waals surface area (Å²) in [7, 11) is 1.40. The number of fused-ring (bicyclic) bond motifs is 1. The zero-order valence-corrected chi connectivity index (χ0v) is 16.1. The number of halogens is 1. The molecule has 1 fully saturated rings. The number of nitro groups is 1. The molecule has 0 unspecified atom stereocenters. The smallest absolute Gasteiger partial charge is 0.269 e. The lowest BCUT2D eigenvalue weighted by Gasteiger charge is -2.35. The summed E-state index contributed by atoms with van der Waals surface area (Å²) in [4.78, 5) is 35.2. The molecule has 2 aromatic carbocycles. The highest BCUT2D eigenvalue weighted by molar-refractivity contribution is 5.95. The number of nitro benzene ring substituents is 1. The predicted molar refractivity (Wildman–Crippen MR) is 107 cm³/mol. The van der Waals surface area contributed by atoms with Gasteiger partial charge < -0.3 is 14.5 Å². The Balaban J connectivity index is 1.50. The van der Waals surface area contributed by atoms with E-state index in [1.165, 1.54) is 43.8 Å². The van der Waals surface area contributed by atoms with E-state index in [-0.39, 0.29) is 17.3 Å². The number of hydrogen-bond acceptors (Lipinski definition) is 7. The second-order valence-electron chi connectivity index (χ2n) is 6.78. The van der Waals surface area contributed by atoms with Crippen LogP contribution in [0.3, 0.4) is 0 Å². The van der Waals surface area contributed by atoms with Crippen molar-refractivity contribution in [3.05, 3.63) is 64.2 Å². The van der Waals surface area contributed by atoms with Crippen LogP contribution in [-0.4, -0.2) is 59.0 Å². The predicted octanol–water partition coefficient (Wildman–Crippen LogP) is 2.65. The Bertz CT molecular complexity index is 1110. The van der Waals surface area contributed by atoms with Crippen molar-refractivity contribution in [2.75, 3.05) is 38.2 Å². The first-order chi connectivity index (χ1) is 14.5. The lowest BCUT2D eigenvalue weighted by molar-refractivity contribution is -0.384. The van der Waals surface area contributed by atoms with Crippen molar-refractivity contribution in [2.45, 2.75) is 0 Å². The van der Waals surface area contributed by atoms with E-state index < -0.39 is 10.7 Å². The Labute approximate surface area is 170 Å². The normalized spacial score (nSPS) is 14.1. The number of non-ortho nitro benzene ring substituents is 1. The summed E-state index contributed by atoms with van der Waals surface area (Å²) in [6.07, 6.45) is 1.39. The second-order valence-corrected chi connectivity index (χ2v) is 6.78. The van der Waals surface area contributed by atoms with E-state index >= 15 is 0 Å². The fraction of sp³-hybridized carbons (Fsp3) is 0.250. The van der Waals surface area contributed by atoms with Gasteiger partial charge in [-0.1, -0.05) is 0 Å². The fourth-order valence-electron chi connectivity index (χ4n) is 3.48. The van der Waals surface area contributed by atoms with E-state index in [9.17, 15) is 19.3 Å². The highest BCUT2D eigenvalue weighted by Gasteiger charge is 2.25. The van der Waals surface area contributed by atoms with Crippen LogP contribution in [0.25, 0.3) is 10.9 Å². The molecule has 0 bridgehead atoms. The van der Waals surface area contributed by atoms with Crippen LogP contribution in [0.1, 0.15) is 10.4 Å². The molecule has 9 nitrogen and oxygen atoms in total. The molecule has 1 aliphatic heterocycles. The monoisotopic (exact) mass is 411 g/mol. The largest absolute Gasteiger partial charge is 0.494 e. The molecule has 30 heavy (non-hydrogen) atoms. The lowest BCUT2D eigenvalue weighted by Crippen LogP contribution is -2.49. The van der Waals surface area contributed by atoms with Gasteiger partial charge in [0.1, 0.15) is 12.1 Å². The molecule has 10 heteroatoms. The zero-order chi connectivity index (χ0) is 21.3. The minimum Gasteiger partial charge on any atom is -0.494 e. The van der Waals surface area contributed by atoms with Crippen molar-refractivity contribution in [2.24, 2.45) is 0 Å². The van der Waals surface area contributed by atoms with Crippen LogP contribution in [0.5, 0.6) is 5.75 Å². The number of methoxy groups -OCH3 is 1. The van der Waals surface area contributed by atoms with Crippen molar-refractivity contribution < 1.29 is 18.8 Å². The summed E-state index contributed by atoms with van der Waals surface area (Å²) >= 11 is 0. The molecule has 1 saturated heterocycles. The quantitative estimate of drug-likeness (QED) is 0.480. The molecule has 0 aliphatic carbocycles. The molecular weight excluding hydrogens is 393 g/mol. The molecule has 0 saturated carbocycles. The minimum absolute atomic E-state index is 0.0566. The molecule has 1 amide bonds. The van der Waals surface area contributed by atoms with Gasteiger partial charge in [-0.25, -0.2) is 14.4 Å². The van der Waals surface area contributed by atoms with Crippen LogP contribution in [0.4, 0.5) is 15.9 Å².